The lowest BCUT2D eigenvalue weighted by molar-refractivity contribution is 0.339. The Kier molecular flexibility index (Phi) is 10.5. The van der Waals surface area contributed by atoms with E-state index in [2.05, 4.69) is 9.98 Å². The summed E-state index contributed by atoms with van der Waals surface area (Å²) in [6.07, 6.45) is 1.75. The maximum Gasteiger partial charge on any atom is 0.159 e. The van der Waals surface area contributed by atoms with Crippen LogP contribution in [-0.4, -0.2) is 16.8 Å². The molecule has 0 saturated carbocycles. The smallest absolute Gasteiger partial charge is 0.159 e. The zero-order valence-electron chi connectivity index (χ0n) is 14.0. The van der Waals surface area contributed by atoms with Gasteiger partial charge in [-0.1, -0.05) is 30.0 Å². The van der Waals surface area contributed by atoms with Crippen molar-refractivity contribution in [3.63, 3.8) is 0 Å². The zero-order valence-corrected chi connectivity index (χ0v) is 16.4. The maximum absolute atomic E-state index is 6.04. The normalized spacial score (nSPS) is 10.5. The first-order chi connectivity index (χ1) is 10.6. The second-order valence-corrected chi connectivity index (χ2v) is 5.89. The molecule has 7 heteroatoms. The number of aryl methyl sites for hydroxylation is 2. The Hall–Kier alpha value is -1.43. The first kappa shape index (κ1) is 22.6. The van der Waals surface area contributed by atoms with E-state index in [0.29, 0.717) is 17.5 Å². The van der Waals surface area contributed by atoms with E-state index in [1.54, 1.807) is 6.20 Å². The number of aromatic nitrogens is 1. The van der Waals surface area contributed by atoms with Gasteiger partial charge in [-0.05, 0) is 38.0 Å². The Labute approximate surface area is 160 Å². The van der Waals surface area contributed by atoms with Crippen LogP contribution in [0.15, 0.2) is 41.5 Å². The van der Waals surface area contributed by atoms with Crippen LogP contribution in [0, 0.1) is 13.8 Å². The number of nitrogens with two attached hydrogens (primary N) is 1. The lowest BCUT2D eigenvalue weighted by Gasteiger charge is -2.07. The molecule has 2 rings (SSSR count). The van der Waals surface area contributed by atoms with Crippen LogP contribution in [0.4, 0.5) is 5.69 Å². The molecule has 0 aliphatic rings. The third-order valence-electron chi connectivity index (χ3n) is 3.13. The average Bonchev–Trinajstić information content (AvgIpc) is 2.50. The number of hydrogen-bond donors (Lipinski definition) is 1. The predicted octanol–water partition coefficient (Wildman–Crippen LogP) is 4.82. The quantitative estimate of drug-likeness (QED) is 0.589. The molecule has 0 atom stereocenters. The number of rotatable bonds is 5. The van der Waals surface area contributed by atoms with E-state index in [-0.39, 0.29) is 24.8 Å². The van der Waals surface area contributed by atoms with E-state index in [4.69, 9.17) is 10.5 Å². The topological polar surface area (TPSA) is 60.5 Å². The second kappa shape index (κ2) is 11.2. The van der Waals surface area contributed by atoms with Gasteiger partial charge in [-0.15, -0.1) is 24.8 Å². The van der Waals surface area contributed by atoms with Gasteiger partial charge in [0.15, 0.2) is 5.17 Å². The van der Waals surface area contributed by atoms with E-state index < -0.39 is 0 Å². The number of pyridine rings is 1. The molecule has 132 valence electrons. The monoisotopic (exact) mass is 387 g/mol. The van der Waals surface area contributed by atoms with Crippen LogP contribution in [0.3, 0.4) is 0 Å². The minimum Gasteiger partial charge on any atom is -0.494 e. The largest absolute Gasteiger partial charge is 0.494 e. The van der Waals surface area contributed by atoms with Crippen molar-refractivity contribution in [2.45, 2.75) is 26.5 Å². The first-order valence-corrected chi connectivity index (χ1v) is 8.19. The van der Waals surface area contributed by atoms with Gasteiger partial charge in [-0.25, -0.2) is 4.99 Å². The molecule has 1 aromatic carbocycles. The standard InChI is InChI=1S/C17H21N3OS.2ClH/c1-4-21-15-8-9-19-14(10-15)11-22-17(18)20-16-12(2)6-5-7-13(16)3;;/h5-10H,4,11H2,1-3H3,(H2,18,20);2*1H. The molecule has 4 nitrogen and oxygen atoms in total. The van der Waals surface area contributed by atoms with Gasteiger partial charge in [0.05, 0.1) is 18.0 Å². The highest BCUT2D eigenvalue weighted by Crippen LogP contribution is 2.24. The van der Waals surface area contributed by atoms with Gasteiger partial charge in [0.25, 0.3) is 0 Å². The van der Waals surface area contributed by atoms with Gasteiger partial charge >= 0.3 is 0 Å². The number of thioether (sulfide) groups is 1. The van der Waals surface area contributed by atoms with Crippen LogP contribution in [0.2, 0.25) is 0 Å². The molecular weight excluding hydrogens is 365 g/mol. The number of halogens is 2. The fraction of sp³-hybridized carbons (Fsp3) is 0.294. The predicted molar refractivity (Wildman–Crippen MR) is 108 cm³/mol. The molecule has 0 radical (unpaired) electrons. The number of amidine groups is 1. The van der Waals surface area contributed by atoms with E-state index in [9.17, 15) is 0 Å². The highest BCUT2D eigenvalue weighted by Gasteiger charge is 2.04. The molecule has 2 N–H and O–H groups in total. The number of para-hydroxylation sites is 1. The van der Waals surface area contributed by atoms with Crippen molar-refractivity contribution in [3.8, 4) is 5.75 Å². The van der Waals surface area contributed by atoms with Crippen molar-refractivity contribution in [2.75, 3.05) is 6.61 Å². The Balaban J connectivity index is 0.00000264. The number of nitrogens with zero attached hydrogens (tertiary/aromatic N) is 2. The number of hydrogen-bond acceptors (Lipinski definition) is 4. The van der Waals surface area contributed by atoms with E-state index in [1.165, 1.54) is 11.8 Å². The molecule has 0 spiro atoms. The van der Waals surface area contributed by atoms with Crippen LogP contribution >= 0.6 is 36.6 Å². The van der Waals surface area contributed by atoms with Gasteiger partial charge in [-0.3, -0.25) is 4.98 Å². The molecule has 0 unspecified atom stereocenters. The second-order valence-electron chi connectivity index (χ2n) is 4.90. The van der Waals surface area contributed by atoms with Crippen LogP contribution in [0.25, 0.3) is 0 Å². The fourth-order valence-electron chi connectivity index (χ4n) is 2.06. The van der Waals surface area contributed by atoms with Gasteiger partial charge in [-0.2, -0.15) is 0 Å². The molecule has 0 aliphatic carbocycles. The molecule has 1 aromatic heterocycles. The fourth-order valence-corrected chi connectivity index (χ4v) is 2.67. The van der Waals surface area contributed by atoms with Crippen LogP contribution in [0.5, 0.6) is 5.75 Å². The summed E-state index contributed by atoms with van der Waals surface area (Å²) in [5, 5.41) is 0.543. The lowest BCUT2D eigenvalue weighted by atomic mass is 10.1. The summed E-state index contributed by atoms with van der Waals surface area (Å²) >= 11 is 1.48. The third kappa shape index (κ3) is 6.59. The van der Waals surface area contributed by atoms with E-state index in [0.717, 1.165) is 28.3 Å². The van der Waals surface area contributed by atoms with Gasteiger partial charge in [0.1, 0.15) is 5.75 Å². The van der Waals surface area contributed by atoms with Crippen LogP contribution in [-0.2, 0) is 5.75 Å². The summed E-state index contributed by atoms with van der Waals surface area (Å²) < 4.78 is 5.47. The highest BCUT2D eigenvalue weighted by atomic mass is 35.5. The Morgan fingerprint density at radius 1 is 1.21 bits per heavy atom. The molecule has 1 heterocycles. The minimum atomic E-state index is 0. The summed E-state index contributed by atoms with van der Waals surface area (Å²) in [7, 11) is 0. The molecular formula is C17H23Cl2N3OS. The summed E-state index contributed by atoms with van der Waals surface area (Å²) in [5.74, 6) is 1.50. The van der Waals surface area contributed by atoms with Crippen molar-refractivity contribution in [1.82, 2.24) is 4.98 Å². The number of aliphatic imine (C=N–C) groups is 1. The molecule has 2 aromatic rings. The molecule has 0 fully saturated rings. The molecule has 0 aliphatic heterocycles. The average molecular weight is 388 g/mol. The summed E-state index contributed by atoms with van der Waals surface area (Å²) in [6.45, 7) is 6.69. The Bertz CT molecular complexity index is 660. The van der Waals surface area contributed by atoms with Gasteiger partial charge in [0, 0.05) is 18.0 Å². The van der Waals surface area contributed by atoms with E-state index >= 15 is 0 Å². The first-order valence-electron chi connectivity index (χ1n) is 7.21. The number of ether oxygens (including phenoxy) is 1. The minimum absolute atomic E-state index is 0. The Morgan fingerprint density at radius 2 is 1.88 bits per heavy atom. The molecule has 0 amide bonds. The van der Waals surface area contributed by atoms with Crippen molar-refractivity contribution < 1.29 is 4.74 Å². The lowest BCUT2D eigenvalue weighted by Crippen LogP contribution is -2.07. The SMILES string of the molecule is CCOc1ccnc(CSC(N)=Nc2c(C)cccc2C)c1.Cl.Cl. The molecule has 0 bridgehead atoms. The van der Waals surface area contributed by atoms with Gasteiger partial charge < -0.3 is 10.5 Å². The van der Waals surface area contributed by atoms with Gasteiger partial charge in [0.2, 0.25) is 0 Å². The summed E-state index contributed by atoms with van der Waals surface area (Å²) in [4.78, 5) is 8.85. The van der Waals surface area contributed by atoms with Crippen molar-refractivity contribution in [2.24, 2.45) is 10.7 Å². The van der Waals surface area contributed by atoms with Crippen molar-refractivity contribution in [1.29, 1.82) is 0 Å². The maximum atomic E-state index is 6.04. The van der Waals surface area contributed by atoms with Crippen LogP contribution in [0.1, 0.15) is 23.7 Å². The van der Waals surface area contributed by atoms with Crippen LogP contribution < -0.4 is 10.5 Å². The Morgan fingerprint density at radius 3 is 2.50 bits per heavy atom. The van der Waals surface area contributed by atoms with E-state index in [1.807, 2.05) is 51.1 Å². The molecule has 0 saturated heterocycles. The summed E-state index contributed by atoms with van der Waals surface area (Å²) in [5.41, 5.74) is 10.2. The van der Waals surface area contributed by atoms with Crippen molar-refractivity contribution in [3.05, 3.63) is 53.3 Å². The number of benzene rings is 1. The third-order valence-corrected chi connectivity index (χ3v) is 3.96. The van der Waals surface area contributed by atoms with Crippen molar-refractivity contribution >= 4 is 47.4 Å². The highest BCUT2D eigenvalue weighted by molar-refractivity contribution is 8.13. The summed E-state index contributed by atoms with van der Waals surface area (Å²) in [6, 6.07) is 9.89. The molecule has 24 heavy (non-hydrogen) atoms. The zero-order chi connectivity index (χ0) is 15.9.